The summed E-state index contributed by atoms with van der Waals surface area (Å²) in [6.07, 6.45) is 1.90. The lowest BCUT2D eigenvalue weighted by Crippen LogP contribution is -1.95. The van der Waals surface area contributed by atoms with Crippen LogP contribution in [0.4, 0.5) is 5.69 Å². The number of hydrogen-bond donors (Lipinski definition) is 1. The van der Waals surface area contributed by atoms with Gasteiger partial charge in [-0.05, 0) is 31.0 Å². The topological polar surface area (TPSA) is 12.0 Å². The standard InChI is InChI=1S/C11H15N.C2H6/c1-5-10-9(3)8(2)6-7-11(10)12-4;1-2/h5-7,12H,1H2,2-4H3;1-2H3. The zero-order valence-electron chi connectivity index (χ0n) is 9.94. The van der Waals surface area contributed by atoms with Crippen molar-refractivity contribution >= 4 is 11.8 Å². The number of nitrogens with one attached hydrogen (secondary N) is 1. The van der Waals surface area contributed by atoms with Crippen LogP contribution in [0.15, 0.2) is 18.7 Å². The van der Waals surface area contributed by atoms with E-state index in [1.807, 2.05) is 27.0 Å². The van der Waals surface area contributed by atoms with Crippen LogP contribution in [-0.2, 0) is 0 Å². The van der Waals surface area contributed by atoms with Gasteiger partial charge in [-0.3, -0.25) is 0 Å². The number of rotatable bonds is 2. The van der Waals surface area contributed by atoms with Gasteiger partial charge in [0.15, 0.2) is 0 Å². The highest BCUT2D eigenvalue weighted by Crippen LogP contribution is 2.22. The first kappa shape index (κ1) is 12.8. The van der Waals surface area contributed by atoms with E-state index in [9.17, 15) is 0 Å². The summed E-state index contributed by atoms with van der Waals surface area (Å²) in [4.78, 5) is 0. The Balaban J connectivity index is 0.000000791. The van der Waals surface area contributed by atoms with Gasteiger partial charge in [-0.2, -0.15) is 0 Å². The molecule has 0 atom stereocenters. The van der Waals surface area contributed by atoms with Crippen LogP contribution in [0.5, 0.6) is 0 Å². The summed E-state index contributed by atoms with van der Waals surface area (Å²) in [6.45, 7) is 12.0. The van der Waals surface area contributed by atoms with Crippen molar-refractivity contribution in [1.82, 2.24) is 0 Å². The molecule has 0 aliphatic rings. The van der Waals surface area contributed by atoms with Gasteiger partial charge < -0.3 is 5.32 Å². The first-order valence-electron chi connectivity index (χ1n) is 5.11. The second-order valence-corrected chi connectivity index (χ2v) is 2.92. The van der Waals surface area contributed by atoms with Crippen LogP contribution in [-0.4, -0.2) is 7.05 Å². The molecule has 0 saturated carbocycles. The molecule has 0 aliphatic heterocycles. The normalized spacial score (nSPS) is 8.64. The van der Waals surface area contributed by atoms with Crippen molar-refractivity contribution in [2.24, 2.45) is 0 Å². The molecular formula is C13H21N. The molecule has 0 aromatic heterocycles. The van der Waals surface area contributed by atoms with Crippen molar-refractivity contribution in [3.8, 4) is 0 Å². The molecule has 1 rings (SSSR count). The van der Waals surface area contributed by atoms with E-state index in [0.717, 1.165) is 5.69 Å². The highest BCUT2D eigenvalue weighted by atomic mass is 14.8. The van der Waals surface area contributed by atoms with Crippen LogP contribution in [0.1, 0.15) is 30.5 Å². The molecule has 0 heterocycles. The van der Waals surface area contributed by atoms with Gasteiger partial charge in [-0.15, -0.1) is 0 Å². The zero-order valence-corrected chi connectivity index (χ0v) is 9.94. The predicted octanol–water partition coefficient (Wildman–Crippen LogP) is 4.01. The van der Waals surface area contributed by atoms with E-state index < -0.39 is 0 Å². The summed E-state index contributed by atoms with van der Waals surface area (Å²) in [5.74, 6) is 0. The minimum atomic E-state index is 1.15. The summed E-state index contributed by atoms with van der Waals surface area (Å²) >= 11 is 0. The number of benzene rings is 1. The first-order chi connectivity index (χ1) is 6.70. The highest BCUT2D eigenvalue weighted by molar-refractivity contribution is 5.69. The van der Waals surface area contributed by atoms with Gasteiger partial charge in [-0.25, -0.2) is 0 Å². The summed E-state index contributed by atoms with van der Waals surface area (Å²) in [5, 5.41) is 3.14. The van der Waals surface area contributed by atoms with Crippen LogP contribution < -0.4 is 5.32 Å². The van der Waals surface area contributed by atoms with Crippen molar-refractivity contribution in [2.75, 3.05) is 12.4 Å². The Bertz CT molecular complexity index is 300. The van der Waals surface area contributed by atoms with Crippen LogP contribution in [0.3, 0.4) is 0 Å². The molecule has 0 saturated heterocycles. The number of hydrogen-bond acceptors (Lipinski definition) is 1. The minimum absolute atomic E-state index is 1.15. The smallest absolute Gasteiger partial charge is 0.0413 e. The van der Waals surface area contributed by atoms with E-state index in [1.54, 1.807) is 0 Å². The summed E-state index contributed by atoms with van der Waals surface area (Å²) in [7, 11) is 1.93. The van der Waals surface area contributed by atoms with Crippen molar-refractivity contribution in [2.45, 2.75) is 27.7 Å². The van der Waals surface area contributed by atoms with Gasteiger partial charge >= 0.3 is 0 Å². The molecule has 0 aliphatic carbocycles. The summed E-state index contributed by atoms with van der Waals surface area (Å²) in [5.41, 5.74) is 4.96. The van der Waals surface area contributed by atoms with Crippen molar-refractivity contribution < 1.29 is 0 Å². The Morgan fingerprint density at radius 2 is 1.79 bits per heavy atom. The van der Waals surface area contributed by atoms with E-state index in [1.165, 1.54) is 16.7 Å². The molecule has 0 spiro atoms. The maximum absolute atomic E-state index is 3.80. The van der Waals surface area contributed by atoms with Crippen molar-refractivity contribution in [1.29, 1.82) is 0 Å². The lowest BCUT2D eigenvalue weighted by atomic mass is 10.0. The van der Waals surface area contributed by atoms with Crippen molar-refractivity contribution in [3.05, 3.63) is 35.4 Å². The molecule has 0 amide bonds. The van der Waals surface area contributed by atoms with Gasteiger partial charge in [0, 0.05) is 18.3 Å². The predicted molar refractivity (Wildman–Crippen MR) is 66.9 cm³/mol. The molecule has 0 unspecified atom stereocenters. The zero-order chi connectivity index (χ0) is 11.1. The van der Waals surface area contributed by atoms with Gasteiger partial charge in [0.05, 0.1) is 0 Å². The molecular weight excluding hydrogens is 170 g/mol. The minimum Gasteiger partial charge on any atom is -0.388 e. The third-order valence-electron chi connectivity index (χ3n) is 2.26. The van der Waals surface area contributed by atoms with Crippen LogP contribution >= 0.6 is 0 Å². The number of anilines is 1. The third kappa shape index (κ3) is 2.63. The Morgan fingerprint density at radius 3 is 2.21 bits per heavy atom. The van der Waals surface area contributed by atoms with Gasteiger partial charge in [0.25, 0.3) is 0 Å². The Hall–Kier alpha value is -1.24. The SMILES string of the molecule is C=Cc1c(NC)ccc(C)c1C.CC. The molecule has 1 nitrogen and oxygen atoms in total. The summed E-state index contributed by atoms with van der Waals surface area (Å²) < 4.78 is 0. The van der Waals surface area contributed by atoms with E-state index in [4.69, 9.17) is 0 Å². The number of aryl methyl sites for hydroxylation is 1. The van der Waals surface area contributed by atoms with E-state index in [0.29, 0.717) is 0 Å². The maximum Gasteiger partial charge on any atom is 0.0413 e. The van der Waals surface area contributed by atoms with Crippen LogP contribution in [0.2, 0.25) is 0 Å². The Kier molecular flexibility index (Phi) is 5.70. The third-order valence-corrected chi connectivity index (χ3v) is 2.26. The fourth-order valence-corrected chi connectivity index (χ4v) is 1.32. The second kappa shape index (κ2) is 6.25. The van der Waals surface area contributed by atoms with Gasteiger partial charge in [0.2, 0.25) is 0 Å². The Morgan fingerprint density at radius 1 is 1.21 bits per heavy atom. The molecule has 0 fully saturated rings. The monoisotopic (exact) mass is 191 g/mol. The molecule has 1 aromatic rings. The molecule has 1 heteroatoms. The molecule has 0 radical (unpaired) electrons. The van der Waals surface area contributed by atoms with E-state index >= 15 is 0 Å². The quantitative estimate of drug-likeness (QED) is 0.744. The Labute approximate surface area is 87.9 Å². The molecule has 0 bridgehead atoms. The lowest BCUT2D eigenvalue weighted by molar-refractivity contribution is 1.31. The van der Waals surface area contributed by atoms with Crippen molar-refractivity contribution in [3.63, 3.8) is 0 Å². The molecule has 78 valence electrons. The first-order valence-corrected chi connectivity index (χ1v) is 5.11. The van der Waals surface area contributed by atoms with Gasteiger partial charge in [-0.1, -0.05) is 32.6 Å². The maximum atomic E-state index is 3.80. The highest BCUT2D eigenvalue weighted by Gasteiger charge is 2.02. The van der Waals surface area contributed by atoms with Crippen LogP contribution in [0.25, 0.3) is 6.08 Å². The largest absolute Gasteiger partial charge is 0.388 e. The molecule has 1 aromatic carbocycles. The summed E-state index contributed by atoms with van der Waals surface area (Å²) in [6, 6.07) is 4.20. The van der Waals surface area contributed by atoms with E-state index in [-0.39, 0.29) is 0 Å². The second-order valence-electron chi connectivity index (χ2n) is 2.92. The fourth-order valence-electron chi connectivity index (χ4n) is 1.32. The fraction of sp³-hybridized carbons (Fsp3) is 0.385. The van der Waals surface area contributed by atoms with Crippen LogP contribution in [0, 0.1) is 13.8 Å². The van der Waals surface area contributed by atoms with Gasteiger partial charge in [0.1, 0.15) is 0 Å². The lowest BCUT2D eigenvalue weighted by Gasteiger charge is -2.10. The average Bonchev–Trinajstić information content (AvgIpc) is 2.24. The molecule has 14 heavy (non-hydrogen) atoms. The van der Waals surface area contributed by atoms with E-state index in [2.05, 4.69) is 37.9 Å². The molecule has 1 N–H and O–H groups in total. The average molecular weight is 191 g/mol.